The highest BCUT2D eigenvalue weighted by molar-refractivity contribution is 7.85. The van der Waals surface area contributed by atoms with Gasteiger partial charge in [0.25, 0.3) is 0 Å². The highest BCUT2D eigenvalue weighted by Gasteiger charge is 2.52. The van der Waals surface area contributed by atoms with Gasteiger partial charge in [-0.3, -0.25) is 0 Å². The van der Waals surface area contributed by atoms with E-state index in [0.29, 0.717) is 22.2 Å². The molecule has 0 fully saturated rings. The van der Waals surface area contributed by atoms with Crippen LogP contribution in [0.2, 0.25) is 5.02 Å². The maximum atomic E-state index is 13.9. The van der Waals surface area contributed by atoms with Crippen molar-refractivity contribution in [3.8, 4) is 0 Å². The molecule has 0 spiro atoms. The van der Waals surface area contributed by atoms with Crippen LogP contribution in [0.5, 0.6) is 0 Å². The van der Waals surface area contributed by atoms with Crippen molar-refractivity contribution in [2.45, 2.75) is 43.7 Å². The SMILES string of the molecule is CC(C)(C)[S@@](=O)/N=C(/C[C@@](O)(/C=C/c1ccc(Cl)cc1)C(F)(F)F)c1ccccc1. The lowest BCUT2D eigenvalue weighted by molar-refractivity contribution is -0.236. The van der Waals surface area contributed by atoms with E-state index in [0.717, 1.165) is 0 Å². The third kappa shape index (κ3) is 6.52. The molecular formula is C22H23ClF3NO2S. The van der Waals surface area contributed by atoms with E-state index in [2.05, 4.69) is 4.40 Å². The number of rotatable bonds is 6. The average molecular weight is 458 g/mol. The summed E-state index contributed by atoms with van der Waals surface area (Å²) in [5.74, 6) is 0. The number of benzene rings is 2. The fraction of sp³-hybridized carbons (Fsp3) is 0.318. The topological polar surface area (TPSA) is 49.7 Å². The number of alkyl halides is 3. The van der Waals surface area contributed by atoms with Gasteiger partial charge in [0.15, 0.2) is 5.60 Å². The third-order valence-electron chi connectivity index (χ3n) is 4.17. The zero-order valence-corrected chi connectivity index (χ0v) is 18.4. The van der Waals surface area contributed by atoms with Crippen LogP contribution in [0.15, 0.2) is 65.1 Å². The number of hydrogen-bond donors (Lipinski definition) is 1. The molecule has 8 heteroatoms. The maximum Gasteiger partial charge on any atom is 0.421 e. The molecule has 0 amide bonds. The maximum absolute atomic E-state index is 13.9. The molecular weight excluding hydrogens is 435 g/mol. The average Bonchev–Trinajstić information content (AvgIpc) is 2.66. The summed E-state index contributed by atoms with van der Waals surface area (Å²) in [6.45, 7) is 5.02. The fourth-order valence-electron chi connectivity index (χ4n) is 2.37. The molecule has 0 unspecified atom stereocenters. The Morgan fingerprint density at radius 3 is 2.13 bits per heavy atom. The first-order valence-electron chi connectivity index (χ1n) is 9.11. The predicted molar refractivity (Wildman–Crippen MR) is 117 cm³/mol. The summed E-state index contributed by atoms with van der Waals surface area (Å²) in [5, 5.41) is 11.0. The Kier molecular flexibility index (Phi) is 7.66. The Morgan fingerprint density at radius 2 is 1.63 bits per heavy atom. The first-order chi connectivity index (χ1) is 13.8. The van der Waals surface area contributed by atoms with Gasteiger partial charge in [-0.25, -0.2) is 4.21 Å². The van der Waals surface area contributed by atoms with E-state index >= 15 is 0 Å². The Hall–Kier alpha value is -1.96. The molecule has 0 saturated carbocycles. The number of hydrogen-bond acceptors (Lipinski definition) is 2. The smallest absolute Gasteiger partial charge is 0.376 e. The minimum atomic E-state index is -4.98. The standard InChI is InChI=1S/C22H23ClF3NO2S/c1-20(2,3)30(29)27-19(17-7-5-4-6-8-17)15-21(28,22(24,25)26)14-13-16-9-11-18(23)12-10-16/h4-14,28H,15H2,1-3H3/b14-13+,27-19-/t21-,30+/m0/s1. The van der Waals surface area contributed by atoms with E-state index in [1.807, 2.05) is 0 Å². The quantitative estimate of drug-likeness (QED) is 0.542. The number of nitrogens with zero attached hydrogens (tertiary/aromatic N) is 1. The number of aliphatic hydroxyl groups is 1. The molecule has 2 aromatic carbocycles. The Labute approximate surface area is 181 Å². The van der Waals surface area contributed by atoms with Crippen molar-refractivity contribution in [2.75, 3.05) is 0 Å². The minimum absolute atomic E-state index is 0.0931. The second-order valence-corrected chi connectivity index (χ2v) is 10.1. The second kappa shape index (κ2) is 9.45. The molecule has 0 saturated heterocycles. The van der Waals surface area contributed by atoms with Gasteiger partial charge in [-0.1, -0.05) is 60.1 Å². The van der Waals surface area contributed by atoms with Gasteiger partial charge in [0, 0.05) is 11.4 Å². The molecule has 30 heavy (non-hydrogen) atoms. The van der Waals surface area contributed by atoms with Gasteiger partial charge in [-0.2, -0.15) is 17.6 Å². The van der Waals surface area contributed by atoms with E-state index in [4.69, 9.17) is 11.6 Å². The van der Waals surface area contributed by atoms with Crippen molar-refractivity contribution in [3.63, 3.8) is 0 Å². The lowest BCUT2D eigenvalue weighted by Crippen LogP contribution is -2.45. The molecule has 1 N–H and O–H groups in total. The normalized spacial score (nSPS) is 16.5. The van der Waals surface area contributed by atoms with Crippen LogP contribution in [0.4, 0.5) is 13.2 Å². The molecule has 0 aliphatic rings. The summed E-state index contributed by atoms with van der Waals surface area (Å²) in [7, 11) is -1.80. The highest BCUT2D eigenvalue weighted by Crippen LogP contribution is 2.36. The molecule has 3 nitrogen and oxygen atoms in total. The summed E-state index contributed by atoms with van der Waals surface area (Å²) in [5.41, 5.74) is -2.50. The molecule has 0 radical (unpaired) electrons. The summed E-state index contributed by atoms with van der Waals surface area (Å²) in [6.07, 6.45) is -4.00. The summed E-state index contributed by atoms with van der Waals surface area (Å²) >= 11 is 5.80. The third-order valence-corrected chi connectivity index (χ3v) is 5.86. The molecule has 0 heterocycles. The van der Waals surface area contributed by atoms with Crippen LogP contribution in [0.25, 0.3) is 6.08 Å². The van der Waals surface area contributed by atoms with Crippen LogP contribution in [0.3, 0.4) is 0 Å². The van der Waals surface area contributed by atoms with Crippen LogP contribution < -0.4 is 0 Å². The van der Waals surface area contributed by atoms with Crippen molar-refractivity contribution in [2.24, 2.45) is 4.40 Å². The molecule has 0 aliphatic carbocycles. The predicted octanol–water partition coefficient (Wildman–Crippen LogP) is 5.99. The zero-order chi connectivity index (χ0) is 22.6. The van der Waals surface area contributed by atoms with Gasteiger partial charge >= 0.3 is 6.18 Å². The van der Waals surface area contributed by atoms with Gasteiger partial charge in [-0.15, -0.1) is 0 Å². The fourth-order valence-corrected chi connectivity index (χ4v) is 3.14. The molecule has 2 rings (SSSR count). The van der Waals surface area contributed by atoms with Crippen LogP contribution in [0, 0.1) is 0 Å². The van der Waals surface area contributed by atoms with Crippen LogP contribution in [0.1, 0.15) is 38.3 Å². The van der Waals surface area contributed by atoms with E-state index in [9.17, 15) is 22.5 Å². The van der Waals surface area contributed by atoms with Gasteiger partial charge in [0.2, 0.25) is 0 Å². The van der Waals surface area contributed by atoms with Crippen molar-refractivity contribution in [1.82, 2.24) is 0 Å². The molecule has 2 aromatic rings. The van der Waals surface area contributed by atoms with Gasteiger partial charge < -0.3 is 5.11 Å². The molecule has 0 aromatic heterocycles. The van der Waals surface area contributed by atoms with Gasteiger partial charge in [-0.05, 0) is 50.1 Å². The minimum Gasteiger partial charge on any atom is -0.376 e. The van der Waals surface area contributed by atoms with Crippen LogP contribution >= 0.6 is 11.6 Å². The van der Waals surface area contributed by atoms with E-state index < -0.39 is 33.9 Å². The lowest BCUT2D eigenvalue weighted by atomic mass is 9.91. The second-order valence-electron chi connectivity index (χ2n) is 7.75. The highest BCUT2D eigenvalue weighted by atomic mass is 35.5. The first-order valence-corrected chi connectivity index (χ1v) is 10.6. The van der Waals surface area contributed by atoms with Crippen molar-refractivity contribution in [1.29, 1.82) is 0 Å². The lowest BCUT2D eigenvalue weighted by Gasteiger charge is -2.28. The Balaban J connectivity index is 2.49. The van der Waals surface area contributed by atoms with E-state index in [1.54, 1.807) is 51.1 Å². The van der Waals surface area contributed by atoms with Crippen LogP contribution in [-0.4, -0.2) is 31.6 Å². The first kappa shape index (κ1) is 24.3. The molecule has 162 valence electrons. The largest absolute Gasteiger partial charge is 0.421 e. The molecule has 0 aliphatic heterocycles. The van der Waals surface area contributed by atoms with Crippen molar-refractivity contribution in [3.05, 3.63) is 76.8 Å². The van der Waals surface area contributed by atoms with Crippen LogP contribution in [-0.2, 0) is 11.0 Å². The summed E-state index contributed by atoms with van der Waals surface area (Å²) < 4.78 is 57.4. The van der Waals surface area contributed by atoms with Crippen molar-refractivity contribution < 1.29 is 22.5 Å². The van der Waals surface area contributed by atoms with E-state index in [-0.39, 0.29) is 5.71 Å². The molecule has 2 atom stereocenters. The van der Waals surface area contributed by atoms with Crippen molar-refractivity contribution >= 4 is 34.4 Å². The van der Waals surface area contributed by atoms with E-state index in [1.165, 1.54) is 30.3 Å². The molecule has 0 bridgehead atoms. The zero-order valence-electron chi connectivity index (χ0n) is 16.8. The summed E-state index contributed by atoms with van der Waals surface area (Å²) in [6, 6.07) is 14.3. The van der Waals surface area contributed by atoms with Gasteiger partial charge in [0.1, 0.15) is 11.0 Å². The number of halogens is 4. The van der Waals surface area contributed by atoms with Gasteiger partial charge in [0.05, 0.1) is 10.5 Å². The Morgan fingerprint density at radius 1 is 1.07 bits per heavy atom. The Bertz CT molecular complexity index is 936. The summed E-state index contributed by atoms with van der Waals surface area (Å²) in [4.78, 5) is 0. The monoisotopic (exact) mass is 457 g/mol.